The van der Waals surface area contributed by atoms with Gasteiger partial charge in [-0.1, -0.05) is 36.4 Å². The Bertz CT molecular complexity index is 780. The van der Waals surface area contributed by atoms with E-state index in [0.29, 0.717) is 30.3 Å². The second-order valence-electron chi connectivity index (χ2n) is 5.25. The lowest BCUT2D eigenvalue weighted by molar-refractivity contribution is -0.116. The minimum Gasteiger partial charge on any atom is -0.441 e. The van der Waals surface area contributed by atoms with Gasteiger partial charge in [0.2, 0.25) is 5.91 Å². The zero-order valence-electron chi connectivity index (χ0n) is 12.8. The molecule has 23 heavy (non-hydrogen) atoms. The van der Waals surface area contributed by atoms with Crippen LogP contribution < -0.4 is 5.32 Å². The molecule has 3 aromatic rings. The van der Waals surface area contributed by atoms with Crippen LogP contribution in [0.5, 0.6) is 0 Å². The molecule has 5 nitrogen and oxygen atoms in total. The van der Waals surface area contributed by atoms with Gasteiger partial charge in [-0.15, -0.1) is 0 Å². The molecule has 0 atom stereocenters. The van der Waals surface area contributed by atoms with Crippen LogP contribution in [0.4, 0.5) is 5.82 Å². The van der Waals surface area contributed by atoms with Gasteiger partial charge in [0, 0.05) is 24.6 Å². The van der Waals surface area contributed by atoms with E-state index in [1.807, 2.05) is 43.3 Å². The van der Waals surface area contributed by atoms with E-state index >= 15 is 0 Å². The van der Waals surface area contributed by atoms with Crippen LogP contribution in [0.2, 0.25) is 0 Å². The fourth-order valence-electron chi connectivity index (χ4n) is 2.13. The van der Waals surface area contributed by atoms with Gasteiger partial charge in [-0.05, 0) is 18.6 Å². The summed E-state index contributed by atoms with van der Waals surface area (Å²) in [5.74, 6) is 1.70. The van der Waals surface area contributed by atoms with Gasteiger partial charge in [-0.25, -0.2) is 9.97 Å². The highest BCUT2D eigenvalue weighted by molar-refractivity contribution is 5.89. The molecule has 0 fully saturated rings. The van der Waals surface area contributed by atoms with Gasteiger partial charge in [0.25, 0.3) is 0 Å². The maximum absolute atomic E-state index is 11.9. The summed E-state index contributed by atoms with van der Waals surface area (Å²) in [5.41, 5.74) is 2.02. The van der Waals surface area contributed by atoms with E-state index in [0.717, 1.165) is 11.1 Å². The quantitative estimate of drug-likeness (QED) is 0.781. The molecule has 2 aromatic heterocycles. The largest absolute Gasteiger partial charge is 0.441 e. The number of nitrogens with zero attached hydrogens (tertiary/aromatic N) is 2. The average molecular weight is 307 g/mol. The van der Waals surface area contributed by atoms with Gasteiger partial charge in [0.1, 0.15) is 5.82 Å². The Hall–Kier alpha value is -2.95. The molecule has 0 unspecified atom stereocenters. The summed E-state index contributed by atoms with van der Waals surface area (Å²) >= 11 is 0. The number of carbonyl (C=O) groups is 1. The van der Waals surface area contributed by atoms with Gasteiger partial charge < -0.3 is 9.73 Å². The molecule has 0 aliphatic carbocycles. The summed E-state index contributed by atoms with van der Waals surface area (Å²) < 4.78 is 5.68. The standard InChI is InChI=1S/C18H17N3O2/c1-13-7-8-16(19-11-13)21-17(22)9-10-18-20-12-15(23-18)14-5-3-2-4-6-14/h2-8,11-12H,9-10H2,1H3,(H,19,21,22). The summed E-state index contributed by atoms with van der Waals surface area (Å²) in [4.78, 5) is 20.3. The Balaban J connectivity index is 1.55. The van der Waals surface area contributed by atoms with Crippen molar-refractivity contribution in [2.75, 3.05) is 5.32 Å². The van der Waals surface area contributed by atoms with E-state index in [1.54, 1.807) is 18.5 Å². The predicted octanol–water partition coefficient (Wildman–Crippen LogP) is 3.62. The van der Waals surface area contributed by atoms with Crippen molar-refractivity contribution in [3.8, 4) is 11.3 Å². The average Bonchev–Trinajstić information content (AvgIpc) is 3.05. The first-order valence-electron chi connectivity index (χ1n) is 7.43. The molecular formula is C18H17N3O2. The summed E-state index contributed by atoms with van der Waals surface area (Å²) in [7, 11) is 0. The van der Waals surface area contributed by atoms with E-state index < -0.39 is 0 Å². The number of amides is 1. The fourth-order valence-corrected chi connectivity index (χ4v) is 2.13. The molecule has 0 radical (unpaired) electrons. The van der Waals surface area contributed by atoms with Crippen molar-refractivity contribution in [1.29, 1.82) is 0 Å². The monoisotopic (exact) mass is 307 g/mol. The van der Waals surface area contributed by atoms with Gasteiger partial charge in [-0.2, -0.15) is 0 Å². The lowest BCUT2D eigenvalue weighted by Crippen LogP contribution is -2.13. The molecule has 0 spiro atoms. The first-order valence-corrected chi connectivity index (χ1v) is 7.43. The number of pyridine rings is 1. The third kappa shape index (κ3) is 4.03. The van der Waals surface area contributed by atoms with Crippen LogP contribution in [0.15, 0.2) is 59.3 Å². The first-order chi connectivity index (χ1) is 11.2. The topological polar surface area (TPSA) is 68.0 Å². The molecule has 0 bridgehead atoms. The van der Waals surface area contributed by atoms with Crippen LogP contribution in [0, 0.1) is 6.92 Å². The minimum atomic E-state index is -0.110. The van der Waals surface area contributed by atoms with Crippen molar-refractivity contribution in [1.82, 2.24) is 9.97 Å². The molecule has 1 aromatic carbocycles. The predicted molar refractivity (Wildman–Crippen MR) is 87.9 cm³/mol. The highest BCUT2D eigenvalue weighted by Crippen LogP contribution is 2.20. The van der Waals surface area contributed by atoms with Crippen LogP contribution in [-0.2, 0) is 11.2 Å². The second-order valence-corrected chi connectivity index (χ2v) is 5.25. The normalized spacial score (nSPS) is 10.5. The summed E-state index contributed by atoms with van der Waals surface area (Å²) in [6, 6.07) is 13.4. The van der Waals surface area contributed by atoms with Crippen molar-refractivity contribution in [3.63, 3.8) is 0 Å². The Morgan fingerprint density at radius 2 is 1.91 bits per heavy atom. The molecule has 1 N–H and O–H groups in total. The molecule has 2 heterocycles. The number of hydrogen-bond donors (Lipinski definition) is 1. The molecular weight excluding hydrogens is 290 g/mol. The first kappa shape index (κ1) is 15.0. The number of aryl methyl sites for hydroxylation is 2. The minimum absolute atomic E-state index is 0.110. The Morgan fingerprint density at radius 3 is 2.65 bits per heavy atom. The number of hydrogen-bond acceptors (Lipinski definition) is 4. The molecule has 0 aliphatic rings. The Kier molecular flexibility index (Phi) is 4.47. The zero-order chi connectivity index (χ0) is 16.1. The molecule has 0 saturated heterocycles. The summed E-state index contributed by atoms with van der Waals surface area (Å²) in [6.45, 7) is 1.95. The van der Waals surface area contributed by atoms with Crippen molar-refractivity contribution >= 4 is 11.7 Å². The van der Waals surface area contributed by atoms with Crippen molar-refractivity contribution in [3.05, 3.63) is 66.3 Å². The number of benzene rings is 1. The molecule has 5 heteroatoms. The number of carbonyl (C=O) groups excluding carboxylic acids is 1. The SMILES string of the molecule is Cc1ccc(NC(=O)CCc2ncc(-c3ccccc3)o2)nc1. The highest BCUT2D eigenvalue weighted by atomic mass is 16.4. The van der Waals surface area contributed by atoms with E-state index in [-0.39, 0.29) is 5.91 Å². The van der Waals surface area contributed by atoms with Crippen LogP contribution in [0.1, 0.15) is 17.9 Å². The smallest absolute Gasteiger partial charge is 0.226 e. The highest BCUT2D eigenvalue weighted by Gasteiger charge is 2.09. The number of oxazole rings is 1. The maximum atomic E-state index is 11.9. The second kappa shape index (κ2) is 6.87. The number of aromatic nitrogens is 2. The van der Waals surface area contributed by atoms with Crippen LogP contribution in [0.25, 0.3) is 11.3 Å². The van der Waals surface area contributed by atoms with Crippen molar-refractivity contribution in [2.24, 2.45) is 0 Å². The van der Waals surface area contributed by atoms with Crippen LogP contribution in [-0.4, -0.2) is 15.9 Å². The summed E-state index contributed by atoms with van der Waals surface area (Å²) in [6.07, 6.45) is 4.15. The molecule has 116 valence electrons. The third-order valence-electron chi connectivity index (χ3n) is 3.36. The van der Waals surface area contributed by atoms with E-state index in [9.17, 15) is 4.79 Å². The number of anilines is 1. The Morgan fingerprint density at radius 1 is 1.09 bits per heavy atom. The number of nitrogens with one attached hydrogen (secondary N) is 1. The van der Waals surface area contributed by atoms with Crippen molar-refractivity contribution in [2.45, 2.75) is 19.8 Å². The van der Waals surface area contributed by atoms with Gasteiger partial charge in [0.05, 0.1) is 6.20 Å². The zero-order valence-corrected chi connectivity index (χ0v) is 12.8. The number of rotatable bonds is 5. The lowest BCUT2D eigenvalue weighted by atomic mass is 10.2. The van der Waals surface area contributed by atoms with Gasteiger partial charge >= 0.3 is 0 Å². The fraction of sp³-hybridized carbons (Fsp3) is 0.167. The maximum Gasteiger partial charge on any atom is 0.226 e. The van der Waals surface area contributed by atoms with E-state index in [4.69, 9.17) is 4.42 Å². The summed E-state index contributed by atoms with van der Waals surface area (Å²) in [5, 5.41) is 2.76. The van der Waals surface area contributed by atoms with Crippen LogP contribution >= 0.6 is 0 Å². The Labute approximate surface area is 134 Å². The third-order valence-corrected chi connectivity index (χ3v) is 3.36. The van der Waals surface area contributed by atoms with Crippen LogP contribution in [0.3, 0.4) is 0 Å². The van der Waals surface area contributed by atoms with E-state index in [2.05, 4.69) is 15.3 Å². The molecule has 0 aliphatic heterocycles. The lowest BCUT2D eigenvalue weighted by Gasteiger charge is -2.03. The van der Waals surface area contributed by atoms with E-state index in [1.165, 1.54) is 0 Å². The molecule has 1 amide bonds. The van der Waals surface area contributed by atoms with Crippen molar-refractivity contribution < 1.29 is 9.21 Å². The molecule has 3 rings (SSSR count). The van der Waals surface area contributed by atoms with Gasteiger partial charge in [-0.3, -0.25) is 4.79 Å². The van der Waals surface area contributed by atoms with Gasteiger partial charge in [0.15, 0.2) is 11.7 Å². The molecule has 0 saturated carbocycles.